The fourth-order valence-electron chi connectivity index (χ4n) is 2.49. The number of pyridine rings is 1. The normalized spacial score (nSPS) is 11.2. The highest BCUT2D eigenvalue weighted by Gasteiger charge is 2.14. The average molecular weight is 318 g/mol. The van der Waals surface area contributed by atoms with E-state index in [0.29, 0.717) is 0 Å². The lowest BCUT2D eigenvalue weighted by molar-refractivity contribution is -0.139. The van der Waals surface area contributed by atoms with E-state index in [1.807, 2.05) is 48.5 Å². The van der Waals surface area contributed by atoms with Gasteiger partial charge in [0.05, 0.1) is 23.3 Å². The quantitative estimate of drug-likeness (QED) is 0.334. The first-order valence-corrected chi connectivity index (χ1v) is 7.58. The fraction of sp³-hybridized carbons (Fsp3) is 0.105. The average Bonchev–Trinajstić information content (AvgIpc) is 2.61. The molecule has 1 heterocycles. The number of anilines is 1. The second-order valence-electron chi connectivity index (χ2n) is 5.07. The molecule has 0 unspecified atom stereocenters. The van der Waals surface area contributed by atoms with Crippen molar-refractivity contribution in [3.63, 3.8) is 0 Å². The lowest BCUT2D eigenvalue weighted by atomic mass is 10.1. The minimum absolute atomic E-state index is 0.0295. The third-order valence-electron chi connectivity index (χ3n) is 3.58. The maximum absolute atomic E-state index is 11.8. The summed E-state index contributed by atoms with van der Waals surface area (Å²) < 4.78 is 4.92. The van der Waals surface area contributed by atoms with Gasteiger partial charge in [-0.3, -0.25) is 0 Å². The molecule has 5 nitrogen and oxygen atoms in total. The molecule has 0 bridgehead atoms. The first-order valence-electron chi connectivity index (χ1n) is 7.58. The van der Waals surface area contributed by atoms with Gasteiger partial charge in [0.2, 0.25) is 5.57 Å². The first kappa shape index (κ1) is 15.5. The highest BCUT2D eigenvalue weighted by Crippen LogP contribution is 2.30. The number of hydrogen-bond acceptors (Lipinski definition) is 4. The summed E-state index contributed by atoms with van der Waals surface area (Å²) >= 11 is 0. The summed E-state index contributed by atoms with van der Waals surface area (Å²) in [7, 11) is 0. The number of para-hydroxylation sites is 2. The van der Waals surface area contributed by atoms with Crippen LogP contribution >= 0.6 is 0 Å². The van der Waals surface area contributed by atoms with Crippen LogP contribution in [0.1, 0.15) is 6.92 Å². The van der Waals surface area contributed by atoms with E-state index in [-0.39, 0.29) is 12.2 Å². The Kier molecular flexibility index (Phi) is 4.39. The third-order valence-corrected chi connectivity index (χ3v) is 3.58. The zero-order chi connectivity index (χ0) is 16.9. The standard InChI is InChI=1S/C19H15N3O2/c1-2-24-19(23)13(11-20)12-21-18-14-7-3-5-9-16(14)22-17-10-6-4-8-15(17)18/h3-10,12H,2H2,1H3,(H,21,22)/p+1. The predicted molar refractivity (Wildman–Crippen MR) is 92.4 cm³/mol. The van der Waals surface area contributed by atoms with Crippen LogP contribution in [0.15, 0.2) is 60.3 Å². The molecule has 24 heavy (non-hydrogen) atoms. The maximum Gasteiger partial charge on any atom is 0.354 e. The van der Waals surface area contributed by atoms with E-state index in [2.05, 4.69) is 16.4 Å². The van der Waals surface area contributed by atoms with E-state index in [1.165, 1.54) is 6.20 Å². The SMILES string of the molecule is CCOC(=O)C(C#[NH+])=CNc1c2ccccc2nc2ccccc12. The van der Waals surface area contributed by atoms with Crippen molar-refractivity contribution in [3.8, 4) is 6.07 Å². The lowest BCUT2D eigenvalue weighted by Crippen LogP contribution is -2.21. The maximum atomic E-state index is 11.8. The van der Waals surface area contributed by atoms with Crippen LogP contribution < -0.4 is 10.6 Å². The molecular formula is C19H16N3O2+. The van der Waals surface area contributed by atoms with Gasteiger partial charge in [-0.2, -0.15) is 0 Å². The second-order valence-corrected chi connectivity index (χ2v) is 5.07. The molecule has 1 aromatic heterocycles. The zero-order valence-corrected chi connectivity index (χ0v) is 13.2. The summed E-state index contributed by atoms with van der Waals surface area (Å²) in [6.07, 6.45) is 1.44. The van der Waals surface area contributed by atoms with Crippen molar-refractivity contribution >= 4 is 33.5 Å². The highest BCUT2D eigenvalue weighted by atomic mass is 16.5. The van der Waals surface area contributed by atoms with Crippen LogP contribution in [0.3, 0.4) is 0 Å². The van der Waals surface area contributed by atoms with Gasteiger partial charge in [-0.15, -0.1) is 0 Å². The number of ether oxygens (including phenoxy) is 1. The molecular weight excluding hydrogens is 302 g/mol. The predicted octanol–water partition coefficient (Wildman–Crippen LogP) is 2.02. The minimum Gasteiger partial charge on any atom is -0.462 e. The number of nitrogens with zero attached hydrogens (tertiary/aromatic N) is 1. The van der Waals surface area contributed by atoms with Gasteiger partial charge in [-0.1, -0.05) is 41.7 Å². The monoisotopic (exact) mass is 318 g/mol. The number of benzene rings is 2. The highest BCUT2D eigenvalue weighted by molar-refractivity contribution is 6.08. The molecule has 3 rings (SSSR count). The molecule has 0 amide bonds. The molecule has 2 N–H and O–H groups in total. The smallest absolute Gasteiger partial charge is 0.354 e. The molecule has 0 saturated carbocycles. The topological polar surface area (TPSA) is 75.0 Å². The van der Waals surface area contributed by atoms with Crippen LogP contribution in [-0.2, 0) is 9.53 Å². The van der Waals surface area contributed by atoms with Crippen molar-refractivity contribution in [1.29, 1.82) is 0 Å². The van der Waals surface area contributed by atoms with Crippen LogP contribution in [0.4, 0.5) is 5.69 Å². The van der Waals surface area contributed by atoms with Crippen LogP contribution in [-0.4, -0.2) is 17.6 Å². The molecule has 0 spiro atoms. The third kappa shape index (κ3) is 2.90. The van der Waals surface area contributed by atoms with E-state index in [9.17, 15) is 4.79 Å². The van der Waals surface area contributed by atoms with E-state index >= 15 is 0 Å². The summed E-state index contributed by atoms with van der Waals surface area (Å²) in [5.41, 5.74) is 2.56. The van der Waals surface area contributed by atoms with Crippen molar-refractivity contribution in [2.45, 2.75) is 6.92 Å². The van der Waals surface area contributed by atoms with Crippen LogP contribution in [0.5, 0.6) is 0 Å². The Balaban J connectivity index is 2.13. The van der Waals surface area contributed by atoms with Gasteiger partial charge in [0, 0.05) is 17.0 Å². The van der Waals surface area contributed by atoms with Gasteiger partial charge in [0.15, 0.2) is 0 Å². The number of carbonyl (C=O) groups is 1. The molecule has 0 aliphatic rings. The van der Waals surface area contributed by atoms with E-state index in [0.717, 1.165) is 27.5 Å². The van der Waals surface area contributed by atoms with Gasteiger partial charge < -0.3 is 10.1 Å². The van der Waals surface area contributed by atoms with Gasteiger partial charge in [-0.25, -0.2) is 9.78 Å². The summed E-state index contributed by atoms with van der Waals surface area (Å²) in [6, 6.07) is 17.6. The van der Waals surface area contributed by atoms with Crippen molar-refractivity contribution in [2.75, 3.05) is 11.9 Å². The number of esters is 1. The number of aromatic nitrogens is 1. The summed E-state index contributed by atoms with van der Waals surface area (Å²) in [4.78, 5) is 16.4. The molecule has 0 aliphatic carbocycles. The van der Waals surface area contributed by atoms with Gasteiger partial charge in [-0.05, 0) is 19.1 Å². The number of fused-ring (bicyclic) bond motifs is 2. The molecule has 2 aromatic carbocycles. The van der Waals surface area contributed by atoms with Crippen molar-refractivity contribution in [1.82, 2.24) is 4.98 Å². The first-order chi connectivity index (χ1) is 11.7. The Bertz CT molecular complexity index is 933. The molecule has 0 atom stereocenters. The fourth-order valence-corrected chi connectivity index (χ4v) is 2.49. The Morgan fingerprint density at radius 3 is 2.29 bits per heavy atom. The molecule has 0 fully saturated rings. The summed E-state index contributed by atoms with van der Waals surface area (Å²) in [6.45, 7) is 1.97. The second kappa shape index (κ2) is 6.80. The van der Waals surface area contributed by atoms with Crippen molar-refractivity contribution in [3.05, 3.63) is 60.3 Å². The number of nitrogens with one attached hydrogen (secondary N) is 2. The minimum atomic E-state index is -0.581. The largest absolute Gasteiger partial charge is 0.462 e. The number of hydrogen-bond donors (Lipinski definition) is 2. The number of carbonyl (C=O) groups excluding carboxylic acids is 1. The summed E-state index contributed by atoms with van der Waals surface area (Å²) in [5, 5.41) is 12.3. The molecule has 0 aliphatic heterocycles. The Labute approximate surface area is 139 Å². The summed E-state index contributed by atoms with van der Waals surface area (Å²) in [5.74, 6) is -0.581. The molecule has 5 heteroatoms. The zero-order valence-electron chi connectivity index (χ0n) is 13.2. The number of rotatable bonds is 4. The molecule has 118 valence electrons. The van der Waals surface area contributed by atoms with Gasteiger partial charge in [0.1, 0.15) is 0 Å². The van der Waals surface area contributed by atoms with Crippen molar-refractivity contribution < 1.29 is 14.8 Å². The Morgan fingerprint density at radius 1 is 1.17 bits per heavy atom. The van der Waals surface area contributed by atoms with E-state index in [4.69, 9.17) is 10.00 Å². The van der Waals surface area contributed by atoms with Crippen LogP contribution in [0, 0.1) is 6.07 Å². The van der Waals surface area contributed by atoms with Crippen LogP contribution in [0.2, 0.25) is 0 Å². The van der Waals surface area contributed by atoms with Crippen molar-refractivity contribution in [2.24, 2.45) is 0 Å². The molecule has 0 saturated heterocycles. The van der Waals surface area contributed by atoms with E-state index in [1.54, 1.807) is 6.92 Å². The lowest BCUT2D eigenvalue weighted by Gasteiger charge is -2.10. The molecule has 0 radical (unpaired) electrons. The molecule has 3 aromatic rings. The van der Waals surface area contributed by atoms with E-state index < -0.39 is 5.97 Å². The Morgan fingerprint density at radius 2 is 1.75 bits per heavy atom. The Hall–Kier alpha value is -3.39. The van der Waals surface area contributed by atoms with Gasteiger partial charge >= 0.3 is 12.0 Å². The van der Waals surface area contributed by atoms with Crippen LogP contribution in [0.25, 0.3) is 21.8 Å². The van der Waals surface area contributed by atoms with Gasteiger partial charge in [0.25, 0.3) is 0 Å².